The number of hydrogen-bond donors (Lipinski definition) is 5. The number of aliphatic hydroxyl groups excluding tert-OH is 3. The molecule has 1 aromatic heterocycles. The van der Waals surface area contributed by atoms with Gasteiger partial charge in [0.2, 0.25) is 0 Å². The van der Waals surface area contributed by atoms with Crippen molar-refractivity contribution in [3.8, 4) is 0 Å². The molecule has 1 aliphatic rings. The summed E-state index contributed by atoms with van der Waals surface area (Å²) < 4.78 is 4.78. The van der Waals surface area contributed by atoms with Crippen molar-refractivity contribution in [1.82, 2.24) is 9.97 Å². The monoisotopic (exact) mass is 246 g/mol. The average molecular weight is 246 g/mol. The molecular weight excluding hydrogens is 232 g/mol. The summed E-state index contributed by atoms with van der Waals surface area (Å²) in [5.74, 6) is 0. The van der Waals surface area contributed by atoms with Crippen molar-refractivity contribution in [3.05, 3.63) is 33.1 Å². The van der Waals surface area contributed by atoms with Gasteiger partial charge in [0.15, 0.2) is 0 Å². The van der Waals surface area contributed by atoms with Crippen molar-refractivity contribution in [2.45, 2.75) is 18.3 Å². The van der Waals surface area contributed by atoms with Crippen LogP contribution in [-0.4, -0.2) is 56.8 Å². The van der Waals surface area contributed by atoms with Gasteiger partial charge in [-0.05, 0) is 0 Å². The molecular formula is C9H14N2O6. The number of aliphatic hydroxyl groups is 3. The van der Waals surface area contributed by atoms with Crippen LogP contribution in [0.25, 0.3) is 0 Å². The summed E-state index contributed by atoms with van der Waals surface area (Å²) in [7, 11) is 0. The molecule has 1 fully saturated rings. The summed E-state index contributed by atoms with van der Waals surface area (Å²) in [6, 6.07) is 1.24. The third kappa shape index (κ3) is 4.11. The summed E-state index contributed by atoms with van der Waals surface area (Å²) in [5, 5.41) is 26.2. The normalized spacial score (nSPS) is 27.4. The van der Waals surface area contributed by atoms with Crippen LogP contribution < -0.4 is 11.2 Å². The van der Waals surface area contributed by atoms with Gasteiger partial charge < -0.3 is 25.0 Å². The Morgan fingerprint density at radius 3 is 2.41 bits per heavy atom. The van der Waals surface area contributed by atoms with Crippen molar-refractivity contribution in [2.75, 3.05) is 13.2 Å². The van der Waals surface area contributed by atoms with Gasteiger partial charge in [-0.1, -0.05) is 0 Å². The van der Waals surface area contributed by atoms with Gasteiger partial charge in [0.25, 0.3) is 5.56 Å². The van der Waals surface area contributed by atoms with E-state index in [1.165, 1.54) is 12.3 Å². The van der Waals surface area contributed by atoms with E-state index in [-0.39, 0.29) is 18.8 Å². The molecule has 1 saturated heterocycles. The molecule has 0 aliphatic carbocycles. The standard InChI is InChI=1S/C5H10O4.C4H4N2O2/c6-1-4-5(8)3(7)2-9-4;7-3-1-2-5-4(8)6-3/h3-8H,1-2H2;1-2H,(H2,5,6,7,8)/t3-,4+,5-;/m0./s1. The Hall–Kier alpha value is -1.48. The van der Waals surface area contributed by atoms with Crippen molar-refractivity contribution in [1.29, 1.82) is 0 Å². The van der Waals surface area contributed by atoms with Crippen LogP contribution in [0.1, 0.15) is 0 Å². The minimum absolute atomic E-state index is 0.117. The number of hydrogen-bond acceptors (Lipinski definition) is 6. The number of ether oxygens (including phenoxy) is 1. The number of nitrogens with one attached hydrogen (secondary N) is 2. The Balaban J connectivity index is 0.000000171. The molecule has 8 nitrogen and oxygen atoms in total. The molecule has 1 aromatic rings. The van der Waals surface area contributed by atoms with Crippen molar-refractivity contribution >= 4 is 0 Å². The summed E-state index contributed by atoms with van der Waals surface area (Å²) in [4.78, 5) is 24.7. The first-order valence-electron chi connectivity index (χ1n) is 4.91. The lowest BCUT2D eigenvalue weighted by Gasteiger charge is -2.10. The lowest BCUT2D eigenvalue weighted by atomic mass is 10.2. The van der Waals surface area contributed by atoms with E-state index >= 15 is 0 Å². The highest BCUT2D eigenvalue weighted by Gasteiger charge is 2.33. The van der Waals surface area contributed by atoms with Gasteiger partial charge in [0, 0.05) is 12.3 Å². The minimum Gasteiger partial charge on any atom is -0.394 e. The van der Waals surface area contributed by atoms with Crippen LogP contribution >= 0.6 is 0 Å². The van der Waals surface area contributed by atoms with E-state index in [0.29, 0.717) is 0 Å². The highest BCUT2D eigenvalue weighted by atomic mass is 16.5. The molecule has 0 aromatic carbocycles. The smallest absolute Gasteiger partial charge is 0.325 e. The van der Waals surface area contributed by atoms with Gasteiger partial charge in [-0.2, -0.15) is 0 Å². The summed E-state index contributed by atoms with van der Waals surface area (Å²) in [6.45, 7) is -0.120. The fraction of sp³-hybridized carbons (Fsp3) is 0.556. The molecule has 5 N–H and O–H groups in total. The number of aromatic nitrogens is 2. The largest absolute Gasteiger partial charge is 0.394 e. The molecule has 2 heterocycles. The Morgan fingerprint density at radius 2 is 2.12 bits per heavy atom. The van der Waals surface area contributed by atoms with E-state index in [0.717, 1.165) is 0 Å². The molecule has 0 radical (unpaired) electrons. The van der Waals surface area contributed by atoms with E-state index in [2.05, 4.69) is 4.98 Å². The van der Waals surface area contributed by atoms with Crippen LogP contribution in [0.5, 0.6) is 0 Å². The van der Waals surface area contributed by atoms with E-state index in [9.17, 15) is 9.59 Å². The Morgan fingerprint density at radius 1 is 1.41 bits per heavy atom. The first kappa shape index (κ1) is 13.6. The predicted octanol–water partition coefficient (Wildman–Crippen LogP) is -2.84. The van der Waals surface area contributed by atoms with Crippen LogP contribution in [-0.2, 0) is 4.74 Å². The predicted molar refractivity (Wildman–Crippen MR) is 56.5 cm³/mol. The summed E-state index contributed by atoms with van der Waals surface area (Å²) in [5.41, 5.74) is -0.855. The van der Waals surface area contributed by atoms with E-state index < -0.39 is 24.0 Å². The minimum atomic E-state index is -0.921. The molecule has 17 heavy (non-hydrogen) atoms. The fourth-order valence-corrected chi connectivity index (χ4v) is 1.21. The third-order valence-electron chi connectivity index (χ3n) is 2.12. The molecule has 0 amide bonds. The zero-order valence-electron chi connectivity index (χ0n) is 8.87. The van der Waals surface area contributed by atoms with Crippen LogP contribution in [0, 0.1) is 0 Å². The molecule has 2 rings (SSSR count). The SMILES string of the molecule is O=c1cc[nH]c(=O)[nH]1.OC[C@H]1OC[C@H](O)[C@@H]1O. The van der Waals surface area contributed by atoms with E-state index in [4.69, 9.17) is 20.1 Å². The Labute approximate surface area is 95.5 Å². The van der Waals surface area contributed by atoms with Gasteiger partial charge in [0.1, 0.15) is 18.3 Å². The molecule has 3 atom stereocenters. The molecule has 0 saturated carbocycles. The zero-order chi connectivity index (χ0) is 12.8. The Bertz CT molecular complexity index is 416. The third-order valence-corrected chi connectivity index (χ3v) is 2.12. The van der Waals surface area contributed by atoms with Gasteiger partial charge in [-0.15, -0.1) is 0 Å². The number of H-pyrrole nitrogens is 2. The van der Waals surface area contributed by atoms with Crippen molar-refractivity contribution < 1.29 is 20.1 Å². The lowest BCUT2D eigenvalue weighted by Crippen LogP contribution is -2.31. The van der Waals surface area contributed by atoms with Crippen LogP contribution in [0.3, 0.4) is 0 Å². The van der Waals surface area contributed by atoms with E-state index in [1.807, 2.05) is 4.98 Å². The van der Waals surface area contributed by atoms with Gasteiger partial charge in [-0.3, -0.25) is 9.78 Å². The Kier molecular flexibility index (Phi) is 5.04. The first-order chi connectivity index (χ1) is 8.04. The van der Waals surface area contributed by atoms with Gasteiger partial charge in [-0.25, -0.2) is 4.79 Å². The lowest BCUT2D eigenvalue weighted by molar-refractivity contribution is -0.00588. The molecule has 0 unspecified atom stereocenters. The average Bonchev–Trinajstić information content (AvgIpc) is 2.60. The summed E-state index contributed by atoms with van der Waals surface area (Å²) >= 11 is 0. The fourth-order valence-electron chi connectivity index (χ4n) is 1.21. The van der Waals surface area contributed by atoms with Crippen LogP contribution in [0.15, 0.2) is 21.9 Å². The van der Waals surface area contributed by atoms with Crippen LogP contribution in [0.2, 0.25) is 0 Å². The van der Waals surface area contributed by atoms with Crippen molar-refractivity contribution in [3.63, 3.8) is 0 Å². The second-order valence-corrected chi connectivity index (χ2v) is 3.41. The van der Waals surface area contributed by atoms with E-state index in [1.54, 1.807) is 0 Å². The topological polar surface area (TPSA) is 136 Å². The summed E-state index contributed by atoms with van der Waals surface area (Å²) in [6.07, 6.45) is -1.06. The van der Waals surface area contributed by atoms with Gasteiger partial charge in [0.05, 0.1) is 13.2 Å². The maximum Gasteiger partial charge on any atom is 0.325 e. The molecule has 0 spiro atoms. The number of rotatable bonds is 1. The molecule has 8 heteroatoms. The zero-order valence-corrected chi connectivity index (χ0v) is 8.87. The maximum atomic E-state index is 10.2. The second kappa shape index (κ2) is 6.30. The van der Waals surface area contributed by atoms with Crippen molar-refractivity contribution in [2.24, 2.45) is 0 Å². The highest BCUT2D eigenvalue weighted by molar-refractivity contribution is 4.82. The maximum absolute atomic E-state index is 10.2. The molecule has 0 bridgehead atoms. The van der Waals surface area contributed by atoms with Crippen LogP contribution in [0.4, 0.5) is 0 Å². The molecule has 96 valence electrons. The second-order valence-electron chi connectivity index (χ2n) is 3.41. The van der Waals surface area contributed by atoms with Gasteiger partial charge >= 0.3 is 5.69 Å². The number of aromatic amines is 2. The highest BCUT2D eigenvalue weighted by Crippen LogP contribution is 2.12. The quantitative estimate of drug-likeness (QED) is 0.362. The first-order valence-corrected chi connectivity index (χ1v) is 4.91. The molecule has 1 aliphatic heterocycles.